The van der Waals surface area contributed by atoms with Crippen LogP contribution in [0.2, 0.25) is 0 Å². The van der Waals surface area contributed by atoms with E-state index >= 15 is 0 Å². The molecule has 0 fully saturated rings. The highest BCUT2D eigenvalue weighted by atomic mass is 16.6. The summed E-state index contributed by atoms with van der Waals surface area (Å²) in [5.74, 6) is -1.12. The minimum absolute atomic E-state index is 0.0189. The molecule has 0 saturated heterocycles. The Morgan fingerprint density at radius 1 is 1.00 bits per heavy atom. The highest BCUT2D eigenvalue weighted by Crippen LogP contribution is 2.31. The number of hydrogen-bond donors (Lipinski definition) is 0. The lowest BCUT2D eigenvalue weighted by molar-refractivity contribution is -0.162. The minimum atomic E-state index is -0.888. The number of esters is 2. The van der Waals surface area contributed by atoms with E-state index in [2.05, 4.69) is 26.8 Å². The molecule has 0 atom stereocenters. The summed E-state index contributed by atoms with van der Waals surface area (Å²) in [6.45, 7) is 10.7. The summed E-state index contributed by atoms with van der Waals surface area (Å²) in [4.78, 5) is 23.9. The largest absolute Gasteiger partial charge is 0.493 e. The summed E-state index contributed by atoms with van der Waals surface area (Å²) < 4.78 is 15.8. The van der Waals surface area contributed by atoms with Gasteiger partial charge >= 0.3 is 11.9 Å². The van der Waals surface area contributed by atoms with E-state index in [0.717, 1.165) is 11.3 Å². The second kappa shape index (κ2) is 10.1. The Kier molecular flexibility index (Phi) is 8.46. The Morgan fingerprint density at radius 3 is 2.08 bits per heavy atom. The van der Waals surface area contributed by atoms with E-state index in [0.29, 0.717) is 19.4 Å². The normalized spacial score (nSPS) is 11.3. The summed E-state index contributed by atoms with van der Waals surface area (Å²) >= 11 is 0. The molecule has 140 valence electrons. The number of carbonyl (C=O) groups is 2. The van der Waals surface area contributed by atoms with Crippen LogP contribution in [0.3, 0.4) is 0 Å². The second-order valence-electron chi connectivity index (χ2n) is 6.79. The van der Waals surface area contributed by atoms with Crippen LogP contribution in [0.1, 0.15) is 53.0 Å². The van der Waals surface area contributed by atoms with Crippen LogP contribution in [0, 0.1) is 5.92 Å². The first-order chi connectivity index (χ1) is 11.8. The average Bonchev–Trinajstić information content (AvgIpc) is 2.54. The van der Waals surface area contributed by atoms with Crippen molar-refractivity contribution in [3.63, 3.8) is 0 Å². The molecule has 0 aliphatic carbocycles. The Balaban J connectivity index is 2.62. The number of para-hydroxylation sites is 1. The van der Waals surface area contributed by atoms with Crippen LogP contribution < -0.4 is 4.74 Å². The summed E-state index contributed by atoms with van der Waals surface area (Å²) in [5, 5.41) is 0. The molecule has 0 bridgehead atoms. The second-order valence-corrected chi connectivity index (χ2v) is 6.79. The van der Waals surface area contributed by atoms with Crippen LogP contribution in [-0.2, 0) is 24.5 Å². The lowest BCUT2D eigenvalue weighted by Crippen LogP contribution is -2.28. The van der Waals surface area contributed by atoms with Gasteiger partial charge in [0.15, 0.2) is 5.92 Å². The molecule has 0 unspecified atom stereocenters. The maximum absolute atomic E-state index is 11.9. The van der Waals surface area contributed by atoms with E-state index in [4.69, 9.17) is 14.2 Å². The third kappa shape index (κ3) is 6.77. The number of benzene rings is 1. The molecule has 0 amide bonds. The molecule has 5 nitrogen and oxygen atoms in total. The van der Waals surface area contributed by atoms with Crippen LogP contribution in [0.25, 0.3) is 0 Å². The maximum Gasteiger partial charge on any atom is 0.320 e. The van der Waals surface area contributed by atoms with Gasteiger partial charge in [0.25, 0.3) is 0 Å². The van der Waals surface area contributed by atoms with Crippen molar-refractivity contribution >= 4 is 11.9 Å². The molecule has 0 heterocycles. The van der Waals surface area contributed by atoms with Crippen LogP contribution in [0.5, 0.6) is 5.75 Å². The summed E-state index contributed by atoms with van der Waals surface area (Å²) in [6.07, 6.45) is 0.899. The SMILES string of the molecule is CCOC(=O)C(CCCOc1ccccc1C(C)(C)C)C(=O)OCC. The standard InChI is InChI=1S/C20H30O5/c1-6-23-18(21)15(19(22)24-7-2)11-10-14-25-17-13-9-8-12-16(17)20(3,4)5/h8-9,12-13,15H,6-7,10-11,14H2,1-5H3. The van der Waals surface area contributed by atoms with Crippen molar-refractivity contribution in [3.8, 4) is 5.75 Å². The van der Waals surface area contributed by atoms with Crippen LogP contribution >= 0.6 is 0 Å². The highest BCUT2D eigenvalue weighted by molar-refractivity contribution is 5.94. The Bertz CT molecular complexity index is 541. The van der Waals surface area contributed by atoms with Gasteiger partial charge in [0.05, 0.1) is 19.8 Å². The molecule has 25 heavy (non-hydrogen) atoms. The minimum Gasteiger partial charge on any atom is -0.493 e. The number of ether oxygens (including phenoxy) is 3. The number of carbonyl (C=O) groups excluding carboxylic acids is 2. The Morgan fingerprint density at radius 2 is 1.56 bits per heavy atom. The van der Waals surface area contributed by atoms with Gasteiger partial charge in [0.1, 0.15) is 5.75 Å². The lowest BCUT2D eigenvalue weighted by Gasteiger charge is -2.22. The fourth-order valence-corrected chi connectivity index (χ4v) is 2.50. The van der Waals surface area contributed by atoms with Crippen molar-refractivity contribution in [1.29, 1.82) is 0 Å². The van der Waals surface area contributed by atoms with E-state index in [1.165, 1.54) is 0 Å². The molecule has 0 spiro atoms. The number of rotatable bonds is 9. The molecule has 0 N–H and O–H groups in total. The van der Waals surface area contributed by atoms with Gasteiger partial charge in [-0.15, -0.1) is 0 Å². The first-order valence-corrected chi connectivity index (χ1v) is 8.86. The zero-order valence-corrected chi connectivity index (χ0v) is 16.0. The molecule has 0 saturated carbocycles. The van der Waals surface area contributed by atoms with Gasteiger partial charge in [-0.05, 0) is 43.7 Å². The molecular weight excluding hydrogens is 320 g/mol. The molecule has 1 aromatic carbocycles. The predicted octanol–water partition coefficient (Wildman–Crippen LogP) is 3.89. The summed E-state index contributed by atoms with van der Waals surface area (Å²) in [6, 6.07) is 7.92. The van der Waals surface area contributed by atoms with Gasteiger partial charge < -0.3 is 14.2 Å². The van der Waals surface area contributed by atoms with Crippen molar-refractivity contribution in [1.82, 2.24) is 0 Å². The Labute approximate surface area is 150 Å². The highest BCUT2D eigenvalue weighted by Gasteiger charge is 2.29. The van der Waals surface area contributed by atoms with E-state index in [-0.39, 0.29) is 18.6 Å². The lowest BCUT2D eigenvalue weighted by atomic mass is 9.86. The van der Waals surface area contributed by atoms with Gasteiger partial charge in [-0.3, -0.25) is 9.59 Å². The molecule has 0 aromatic heterocycles. The van der Waals surface area contributed by atoms with Crippen LogP contribution in [0.4, 0.5) is 0 Å². The molecule has 5 heteroatoms. The summed E-state index contributed by atoms with van der Waals surface area (Å²) in [5.41, 5.74) is 1.11. The van der Waals surface area contributed by atoms with E-state index in [1.807, 2.05) is 18.2 Å². The predicted molar refractivity (Wildman–Crippen MR) is 96.6 cm³/mol. The Hall–Kier alpha value is -2.04. The molecular formula is C20H30O5. The fourth-order valence-electron chi connectivity index (χ4n) is 2.50. The maximum atomic E-state index is 11.9. The molecule has 0 aliphatic rings. The van der Waals surface area contributed by atoms with Gasteiger partial charge in [-0.1, -0.05) is 39.0 Å². The van der Waals surface area contributed by atoms with Gasteiger partial charge in [0.2, 0.25) is 0 Å². The zero-order chi connectivity index (χ0) is 18.9. The monoisotopic (exact) mass is 350 g/mol. The molecule has 0 aliphatic heterocycles. The van der Waals surface area contributed by atoms with Gasteiger partial charge in [-0.25, -0.2) is 0 Å². The molecule has 0 radical (unpaired) electrons. The van der Waals surface area contributed by atoms with E-state index in [1.54, 1.807) is 13.8 Å². The quantitative estimate of drug-likeness (QED) is 0.384. The average molecular weight is 350 g/mol. The first-order valence-electron chi connectivity index (χ1n) is 8.86. The van der Waals surface area contributed by atoms with E-state index < -0.39 is 17.9 Å². The molecule has 1 rings (SSSR count). The number of hydrogen-bond acceptors (Lipinski definition) is 5. The topological polar surface area (TPSA) is 61.8 Å². The summed E-state index contributed by atoms with van der Waals surface area (Å²) in [7, 11) is 0. The van der Waals surface area contributed by atoms with Gasteiger partial charge in [0, 0.05) is 0 Å². The third-order valence-electron chi connectivity index (χ3n) is 3.73. The van der Waals surface area contributed by atoms with E-state index in [9.17, 15) is 9.59 Å². The van der Waals surface area contributed by atoms with Crippen molar-refractivity contribution in [2.75, 3.05) is 19.8 Å². The van der Waals surface area contributed by atoms with Crippen molar-refractivity contribution in [2.45, 2.75) is 52.9 Å². The molecule has 1 aromatic rings. The fraction of sp³-hybridized carbons (Fsp3) is 0.600. The van der Waals surface area contributed by atoms with Crippen molar-refractivity contribution < 1.29 is 23.8 Å². The smallest absolute Gasteiger partial charge is 0.320 e. The van der Waals surface area contributed by atoms with Gasteiger partial charge in [-0.2, -0.15) is 0 Å². The van der Waals surface area contributed by atoms with Crippen molar-refractivity contribution in [3.05, 3.63) is 29.8 Å². The van der Waals surface area contributed by atoms with Crippen LogP contribution in [0.15, 0.2) is 24.3 Å². The zero-order valence-electron chi connectivity index (χ0n) is 16.0. The third-order valence-corrected chi connectivity index (χ3v) is 3.73. The van der Waals surface area contributed by atoms with Crippen LogP contribution in [-0.4, -0.2) is 31.8 Å². The van der Waals surface area contributed by atoms with Crippen molar-refractivity contribution in [2.24, 2.45) is 5.92 Å². The first kappa shape index (κ1) is 21.0.